The molecule has 0 fully saturated rings. The van der Waals surface area contributed by atoms with Gasteiger partial charge in [-0.2, -0.15) is 0 Å². The molecule has 0 aromatic heterocycles. The highest BCUT2D eigenvalue weighted by molar-refractivity contribution is 9.10. The quantitative estimate of drug-likeness (QED) is 0.804. The van der Waals surface area contributed by atoms with E-state index in [1.165, 1.54) is 5.56 Å². The molecule has 1 atom stereocenters. The summed E-state index contributed by atoms with van der Waals surface area (Å²) in [6, 6.07) is 8.24. The Kier molecular flexibility index (Phi) is 3.09. The van der Waals surface area contributed by atoms with E-state index in [1.54, 1.807) is 0 Å². The van der Waals surface area contributed by atoms with Crippen LogP contribution < -0.4 is 5.73 Å². The Hall–Kier alpha value is -0.340. The lowest BCUT2D eigenvalue weighted by molar-refractivity contribution is 0.695. The summed E-state index contributed by atoms with van der Waals surface area (Å²) in [6.07, 6.45) is 0.975. The summed E-state index contributed by atoms with van der Waals surface area (Å²) in [4.78, 5) is 0. The highest BCUT2D eigenvalue weighted by Crippen LogP contribution is 2.22. The molecule has 1 nitrogen and oxygen atoms in total. The molecule has 0 aliphatic rings. The van der Waals surface area contributed by atoms with Gasteiger partial charge in [0.1, 0.15) is 0 Å². The molecule has 0 aliphatic heterocycles. The molecule has 0 aliphatic carbocycles. The van der Waals surface area contributed by atoms with E-state index in [1.807, 2.05) is 18.2 Å². The standard InChI is InChI=1S/C9H12BrN/c1-2-9(11)7-5-3-4-6-8(7)10/h3-6,9H,2,11H2,1H3/t9-/m1/s1. The van der Waals surface area contributed by atoms with Crippen LogP contribution in [0, 0.1) is 0 Å². The predicted octanol–water partition coefficient (Wildman–Crippen LogP) is 2.86. The smallest absolute Gasteiger partial charge is 0.0303 e. The van der Waals surface area contributed by atoms with E-state index in [9.17, 15) is 0 Å². The van der Waals surface area contributed by atoms with Crippen LogP contribution in [-0.2, 0) is 0 Å². The maximum Gasteiger partial charge on any atom is 0.0303 e. The zero-order valence-electron chi connectivity index (χ0n) is 6.55. The molecule has 2 heteroatoms. The second-order valence-electron chi connectivity index (χ2n) is 2.54. The summed E-state index contributed by atoms with van der Waals surface area (Å²) < 4.78 is 1.11. The van der Waals surface area contributed by atoms with Gasteiger partial charge in [0.15, 0.2) is 0 Å². The Balaban J connectivity index is 2.93. The first-order chi connectivity index (χ1) is 5.25. The molecule has 0 amide bonds. The van der Waals surface area contributed by atoms with Crippen LogP contribution in [-0.4, -0.2) is 0 Å². The molecule has 0 heterocycles. The van der Waals surface area contributed by atoms with Crippen LogP contribution in [0.2, 0.25) is 0 Å². The molecule has 60 valence electrons. The minimum absolute atomic E-state index is 0.158. The van der Waals surface area contributed by atoms with Crippen molar-refractivity contribution in [3.63, 3.8) is 0 Å². The van der Waals surface area contributed by atoms with Crippen molar-refractivity contribution < 1.29 is 0 Å². The van der Waals surface area contributed by atoms with Gasteiger partial charge in [0.05, 0.1) is 0 Å². The summed E-state index contributed by atoms with van der Waals surface area (Å²) in [5.41, 5.74) is 7.05. The van der Waals surface area contributed by atoms with E-state index < -0.39 is 0 Å². The van der Waals surface area contributed by atoms with Crippen molar-refractivity contribution in [1.82, 2.24) is 0 Å². The second-order valence-corrected chi connectivity index (χ2v) is 3.39. The lowest BCUT2D eigenvalue weighted by Gasteiger charge is -2.10. The van der Waals surface area contributed by atoms with Crippen molar-refractivity contribution in [3.05, 3.63) is 34.3 Å². The molecule has 0 unspecified atom stereocenters. The minimum Gasteiger partial charge on any atom is -0.324 e. The van der Waals surface area contributed by atoms with Crippen molar-refractivity contribution in [3.8, 4) is 0 Å². The molecule has 0 saturated heterocycles. The topological polar surface area (TPSA) is 26.0 Å². The van der Waals surface area contributed by atoms with E-state index in [-0.39, 0.29) is 6.04 Å². The van der Waals surface area contributed by atoms with Crippen molar-refractivity contribution in [2.45, 2.75) is 19.4 Å². The summed E-state index contributed by atoms with van der Waals surface area (Å²) >= 11 is 3.46. The molecule has 11 heavy (non-hydrogen) atoms. The zero-order valence-corrected chi connectivity index (χ0v) is 8.14. The molecule has 0 bridgehead atoms. The van der Waals surface area contributed by atoms with Crippen LogP contribution in [0.4, 0.5) is 0 Å². The lowest BCUT2D eigenvalue weighted by atomic mass is 10.1. The van der Waals surface area contributed by atoms with Gasteiger partial charge in [0.2, 0.25) is 0 Å². The molecule has 0 radical (unpaired) electrons. The van der Waals surface area contributed by atoms with Crippen LogP contribution in [0.5, 0.6) is 0 Å². The third kappa shape index (κ3) is 2.04. The van der Waals surface area contributed by atoms with Gasteiger partial charge >= 0.3 is 0 Å². The van der Waals surface area contributed by atoms with Crippen LogP contribution in [0.25, 0.3) is 0 Å². The van der Waals surface area contributed by atoms with Crippen LogP contribution in [0.3, 0.4) is 0 Å². The number of rotatable bonds is 2. The summed E-state index contributed by atoms with van der Waals surface area (Å²) in [7, 11) is 0. The van der Waals surface area contributed by atoms with E-state index in [0.29, 0.717) is 0 Å². The summed E-state index contributed by atoms with van der Waals surface area (Å²) in [6.45, 7) is 2.09. The van der Waals surface area contributed by atoms with Crippen molar-refractivity contribution >= 4 is 15.9 Å². The minimum atomic E-state index is 0.158. The van der Waals surface area contributed by atoms with Crippen molar-refractivity contribution in [2.24, 2.45) is 5.73 Å². The molecule has 1 rings (SSSR count). The van der Waals surface area contributed by atoms with E-state index in [0.717, 1.165) is 10.9 Å². The first-order valence-corrected chi connectivity index (χ1v) is 4.55. The molecule has 2 N–H and O–H groups in total. The van der Waals surface area contributed by atoms with Gasteiger partial charge in [-0.3, -0.25) is 0 Å². The normalized spacial score (nSPS) is 13.0. The Morgan fingerprint density at radius 3 is 2.64 bits per heavy atom. The number of halogens is 1. The highest BCUT2D eigenvalue weighted by Gasteiger charge is 2.05. The Bertz CT molecular complexity index is 235. The fourth-order valence-electron chi connectivity index (χ4n) is 0.996. The molecule has 1 aromatic carbocycles. The predicted molar refractivity (Wildman–Crippen MR) is 51.4 cm³/mol. The molecular formula is C9H12BrN. The largest absolute Gasteiger partial charge is 0.324 e. The van der Waals surface area contributed by atoms with Crippen LogP contribution in [0.15, 0.2) is 28.7 Å². The van der Waals surface area contributed by atoms with Crippen molar-refractivity contribution in [2.75, 3.05) is 0 Å². The van der Waals surface area contributed by atoms with Crippen LogP contribution >= 0.6 is 15.9 Å². The van der Waals surface area contributed by atoms with Gasteiger partial charge in [0, 0.05) is 10.5 Å². The number of benzene rings is 1. The number of nitrogens with two attached hydrogens (primary N) is 1. The fraction of sp³-hybridized carbons (Fsp3) is 0.333. The lowest BCUT2D eigenvalue weighted by Crippen LogP contribution is -2.08. The molecule has 0 saturated carbocycles. The van der Waals surface area contributed by atoms with Crippen molar-refractivity contribution in [1.29, 1.82) is 0 Å². The molecule has 1 aromatic rings. The Morgan fingerprint density at radius 1 is 1.45 bits per heavy atom. The Morgan fingerprint density at radius 2 is 2.09 bits per heavy atom. The monoisotopic (exact) mass is 213 g/mol. The molecular weight excluding hydrogens is 202 g/mol. The maximum absolute atomic E-state index is 5.87. The van der Waals surface area contributed by atoms with Gasteiger partial charge in [-0.25, -0.2) is 0 Å². The first-order valence-electron chi connectivity index (χ1n) is 3.75. The average Bonchev–Trinajstić information content (AvgIpc) is 2.04. The number of hydrogen-bond acceptors (Lipinski definition) is 1. The zero-order chi connectivity index (χ0) is 8.27. The maximum atomic E-state index is 5.87. The first kappa shape index (κ1) is 8.75. The molecule has 0 spiro atoms. The van der Waals surface area contributed by atoms with Gasteiger partial charge in [-0.1, -0.05) is 41.1 Å². The number of hydrogen-bond donors (Lipinski definition) is 1. The van der Waals surface area contributed by atoms with Gasteiger partial charge in [-0.15, -0.1) is 0 Å². The highest BCUT2D eigenvalue weighted by atomic mass is 79.9. The third-order valence-electron chi connectivity index (χ3n) is 1.74. The van der Waals surface area contributed by atoms with Crippen LogP contribution in [0.1, 0.15) is 24.9 Å². The fourth-order valence-corrected chi connectivity index (χ4v) is 1.57. The Labute approximate surface area is 75.7 Å². The van der Waals surface area contributed by atoms with E-state index >= 15 is 0 Å². The van der Waals surface area contributed by atoms with E-state index in [4.69, 9.17) is 5.73 Å². The third-order valence-corrected chi connectivity index (χ3v) is 2.47. The van der Waals surface area contributed by atoms with Gasteiger partial charge in [-0.05, 0) is 18.1 Å². The summed E-state index contributed by atoms with van der Waals surface area (Å²) in [5.74, 6) is 0. The van der Waals surface area contributed by atoms with Gasteiger partial charge in [0.25, 0.3) is 0 Å². The van der Waals surface area contributed by atoms with E-state index in [2.05, 4.69) is 28.9 Å². The SMILES string of the molecule is CC[C@@H](N)c1ccccc1Br. The van der Waals surface area contributed by atoms with Gasteiger partial charge < -0.3 is 5.73 Å². The second kappa shape index (κ2) is 3.88. The summed E-state index contributed by atoms with van der Waals surface area (Å²) in [5, 5.41) is 0. The average molecular weight is 214 g/mol.